The van der Waals surface area contributed by atoms with Gasteiger partial charge < -0.3 is 15.2 Å². The maximum Gasteiger partial charge on any atom is 0.339 e. The zero-order valence-corrected chi connectivity index (χ0v) is 11.0. The average Bonchev–Trinajstić information content (AvgIpc) is 2.70. The highest BCUT2D eigenvalue weighted by Gasteiger charge is 2.13. The van der Waals surface area contributed by atoms with Gasteiger partial charge in [-0.1, -0.05) is 0 Å². The van der Waals surface area contributed by atoms with Crippen LogP contribution in [-0.4, -0.2) is 41.1 Å². The van der Waals surface area contributed by atoms with E-state index >= 15 is 0 Å². The van der Waals surface area contributed by atoms with E-state index in [0.29, 0.717) is 12.2 Å². The Balaban J connectivity index is 2.27. The lowest BCUT2D eigenvalue weighted by Gasteiger charge is -2.06. The van der Waals surface area contributed by atoms with Crippen molar-refractivity contribution in [2.24, 2.45) is 7.05 Å². The zero-order chi connectivity index (χ0) is 13.4. The number of hydrogen-bond donors (Lipinski definition) is 2. The molecule has 0 amide bonds. The van der Waals surface area contributed by atoms with Gasteiger partial charge in [0.15, 0.2) is 0 Å². The number of methoxy groups -OCH3 is 1. The Kier molecular flexibility index (Phi) is 6.38. The molecule has 1 rings (SSSR count). The van der Waals surface area contributed by atoms with Crippen molar-refractivity contribution in [1.82, 2.24) is 15.1 Å². The number of carboxylic acids is 1. The van der Waals surface area contributed by atoms with Crippen LogP contribution < -0.4 is 5.32 Å². The molecule has 0 aliphatic heterocycles. The second-order valence-electron chi connectivity index (χ2n) is 4.16. The number of aromatic carboxylic acids is 1. The molecule has 2 N–H and O–H groups in total. The molecule has 0 atom stereocenters. The number of rotatable bonds is 9. The monoisotopic (exact) mass is 255 g/mol. The largest absolute Gasteiger partial charge is 0.478 e. The SMILES string of the molecule is COCCCCCNCc1c(C(=O)O)cnn1C. The third kappa shape index (κ3) is 4.46. The second kappa shape index (κ2) is 7.84. The minimum Gasteiger partial charge on any atom is -0.478 e. The quantitative estimate of drug-likeness (QED) is 0.644. The van der Waals surface area contributed by atoms with Crippen LogP contribution in [0.1, 0.15) is 35.3 Å². The van der Waals surface area contributed by atoms with E-state index in [1.807, 2.05) is 0 Å². The molecule has 0 saturated carbocycles. The molecule has 0 bridgehead atoms. The molecule has 0 unspecified atom stereocenters. The first-order chi connectivity index (χ1) is 8.66. The molecule has 0 aromatic carbocycles. The molecule has 0 spiro atoms. The van der Waals surface area contributed by atoms with Gasteiger partial charge in [0.25, 0.3) is 0 Å². The number of carboxylic acid groups (broad SMARTS) is 1. The first kappa shape index (κ1) is 14.7. The van der Waals surface area contributed by atoms with Gasteiger partial charge in [-0.2, -0.15) is 5.10 Å². The van der Waals surface area contributed by atoms with Gasteiger partial charge in [0.2, 0.25) is 0 Å². The van der Waals surface area contributed by atoms with Crippen molar-refractivity contribution in [3.63, 3.8) is 0 Å². The van der Waals surface area contributed by atoms with E-state index in [4.69, 9.17) is 9.84 Å². The Labute approximate surface area is 107 Å². The first-order valence-corrected chi connectivity index (χ1v) is 6.10. The molecule has 0 radical (unpaired) electrons. The van der Waals surface area contributed by atoms with E-state index < -0.39 is 5.97 Å². The summed E-state index contributed by atoms with van der Waals surface area (Å²) in [5.74, 6) is -0.931. The molecular formula is C12H21N3O3. The minimum absolute atomic E-state index is 0.268. The number of unbranched alkanes of at least 4 members (excludes halogenated alkanes) is 2. The van der Waals surface area contributed by atoms with Crippen LogP contribution >= 0.6 is 0 Å². The Morgan fingerprint density at radius 1 is 1.50 bits per heavy atom. The van der Waals surface area contributed by atoms with Gasteiger partial charge in [-0.05, 0) is 25.8 Å². The van der Waals surface area contributed by atoms with Gasteiger partial charge in [0.05, 0.1) is 11.9 Å². The third-order valence-corrected chi connectivity index (χ3v) is 2.79. The smallest absolute Gasteiger partial charge is 0.339 e. The minimum atomic E-state index is -0.931. The number of carbonyl (C=O) groups is 1. The van der Waals surface area contributed by atoms with Crippen LogP contribution in [-0.2, 0) is 18.3 Å². The molecule has 1 aromatic rings. The summed E-state index contributed by atoms with van der Waals surface area (Å²) in [6, 6.07) is 0. The number of hydrogen-bond acceptors (Lipinski definition) is 4. The van der Waals surface area contributed by atoms with E-state index in [2.05, 4.69) is 10.4 Å². The molecule has 0 saturated heterocycles. The Morgan fingerprint density at radius 2 is 2.28 bits per heavy atom. The molecule has 0 aliphatic carbocycles. The van der Waals surface area contributed by atoms with Crippen LogP contribution in [0.4, 0.5) is 0 Å². The lowest BCUT2D eigenvalue weighted by atomic mass is 10.2. The number of ether oxygens (including phenoxy) is 1. The second-order valence-corrected chi connectivity index (χ2v) is 4.16. The van der Waals surface area contributed by atoms with Crippen LogP contribution in [0, 0.1) is 0 Å². The number of nitrogens with zero attached hydrogens (tertiary/aromatic N) is 2. The van der Waals surface area contributed by atoms with Crippen molar-refractivity contribution >= 4 is 5.97 Å². The lowest BCUT2D eigenvalue weighted by Crippen LogP contribution is -2.19. The number of aryl methyl sites for hydroxylation is 1. The molecular weight excluding hydrogens is 234 g/mol. The highest BCUT2D eigenvalue weighted by molar-refractivity contribution is 5.88. The summed E-state index contributed by atoms with van der Waals surface area (Å²) in [5.41, 5.74) is 0.976. The Morgan fingerprint density at radius 3 is 2.94 bits per heavy atom. The number of aromatic nitrogens is 2. The maximum atomic E-state index is 10.9. The van der Waals surface area contributed by atoms with Gasteiger partial charge in [-0.15, -0.1) is 0 Å². The van der Waals surface area contributed by atoms with Crippen molar-refractivity contribution in [2.75, 3.05) is 20.3 Å². The van der Waals surface area contributed by atoms with Crippen LogP contribution in [0.15, 0.2) is 6.20 Å². The van der Waals surface area contributed by atoms with Gasteiger partial charge in [-0.25, -0.2) is 4.79 Å². The van der Waals surface area contributed by atoms with E-state index in [9.17, 15) is 4.79 Å². The van der Waals surface area contributed by atoms with Crippen molar-refractivity contribution in [3.8, 4) is 0 Å². The molecule has 1 aromatic heterocycles. The molecule has 18 heavy (non-hydrogen) atoms. The van der Waals surface area contributed by atoms with E-state index in [-0.39, 0.29) is 5.56 Å². The third-order valence-electron chi connectivity index (χ3n) is 2.79. The average molecular weight is 255 g/mol. The summed E-state index contributed by atoms with van der Waals surface area (Å²) in [4.78, 5) is 10.9. The first-order valence-electron chi connectivity index (χ1n) is 6.10. The molecule has 6 heteroatoms. The topological polar surface area (TPSA) is 76.4 Å². The highest BCUT2D eigenvalue weighted by atomic mass is 16.5. The van der Waals surface area contributed by atoms with E-state index in [0.717, 1.165) is 32.4 Å². The lowest BCUT2D eigenvalue weighted by molar-refractivity contribution is 0.0695. The summed E-state index contributed by atoms with van der Waals surface area (Å²) in [6.45, 7) is 2.20. The molecule has 0 fully saturated rings. The summed E-state index contributed by atoms with van der Waals surface area (Å²) in [6.07, 6.45) is 4.61. The molecule has 6 nitrogen and oxygen atoms in total. The number of nitrogens with one attached hydrogen (secondary N) is 1. The summed E-state index contributed by atoms with van der Waals surface area (Å²) < 4.78 is 6.57. The normalized spacial score (nSPS) is 10.8. The van der Waals surface area contributed by atoms with E-state index in [1.54, 1.807) is 18.8 Å². The molecule has 0 aliphatic rings. The standard InChI is InChI=1S/C12H21N3O3/c1-15-11(10(8-14-15)12(16)17)9-13-6-4-3-5-7-18-2/h8,13H,3-7,9H2,1-2H3,(H,16,17). The summed E-state index contributed by atoms with van der Waals surface area (Å²) in [7, 11) is 3.45. The van der Waals surface area contributed by atoms with Crippen LogP contribution in [0.3, 0.4) is 0 Å². The van der Waals surface area contributed by atoms with Crippen molar-refractivity contribution in [1.29, 1.82) is 0 Å². The predicted molar refractivity (Wildman–Crippen MR) is 67.6 cm³/mol. The highest BCUT2D eigenvalue weighted by Crippen LogP contribution is 2.07. The van der Waals surface area contributed by atoms with Crippen molar-refractivity contribution in [3.05, 3.63) is 17.5 Å². The maximum absolute atomic E-state index is 10.9. The van der Waals surface area contributed by atoms with Gasteiger partial charge >= 0.3 is 5.97 Å². The van der Waals surface area contributed by atoms with Crippen LogP contribution in [0.2, 0.25) is 0 Å². The Hall–Kier alpha value is -1.40. The zero-order valence-electron chi connectivity index (χ0n) is 11.0. The summed E-state index contributed by atoms with van der Waals surface area (Å²) >= 11 is 0. The fourth-order valence-corrected chi connectivity index (χ4v) is 1.73. The Bertz CT molecular complexity index is 377. The van der Waals surface area contributed by atoms with Gasteiger partial charge in [0, 0.05) is 27.3 Å². The molecule has 102 valence electrons. The van der Waals surface area contributed by atoms with Crippen LogP contribution in [0.25, 0.3) is 0 Å². The predicted octanol–water partition coefficient (Wildman–Crippen LogP) is 1.02. The van der Waals surface area contributed by atoms with Gasteiger partial charge in [0.1, 0.15) is 5.56 Å². The van der Waals surface area contributed by atoms with Crippen molar-refractivity contribution < 1.29 is 14.6 Å². The fraction of sp³-hybridized carbons (Fsp3) is 0.667. The fourth-order valence-electron chi connectivity index (χ4n) is 1.73. The van der Waals surface area contributed by atoms with E-state index in [1.165, 1.54) is 6.20 Å². The van der Waals surface area contributed by atoms with Crippen LogP contribution in [0.5, 0.6) is 0 Å². The van der Waals surface area contributed by atoms with Crippen molar-refractivity contribution in [2.45, 2.75) is 25.8 Å². The molecule has 1 heterocycles. The van der Waals surface area contributed by atoms with Gasteiger partial charge in [-0.3, -0.25) is 4.68 Å². The summed E-state index contributed by atoms with van der Waals surface area (Å²) in [5, 5.41) is 16.2.